The van der Waals surface area contributed by atoms with Crippen LogP contribution in [0.4, 0.5) is 0 Å². The molecule has 0 aliphatic carbocycles. The Labute approximate surface area is 78.7 Å². The van der Waals surface area contributed by atoms with E-state index in [1.54, 1.807) is 6.07 Å². The smallest absolute Gasteiger partial charge is 0.308 e. The molecule has 0 aromatic carbocycles. The van der Waals surface area contributed by atoms with Crippen LogP contribution in [0.15, 0.2) is 10.6 Å². The van der Waals surface area contributed by atoms with Crippen molar-refractivity contribution in [3.05, 3.63) is 11.8 Å². The molecule has 0 fully saturated rings. The minimum absolute atomic E-state index is 0.000486. The van der Waals surface area contributed by atoms with Gasteiger partial charge in [0.2, 0.25) is 0 Å². The van der Waals surface area contributed by atoms with E-state index in [1.807, 2.05) is 0 Å². The van der Waals surface area contributed by atoms with Crippen molar-refractivity contribution in [1.82, 2.24) is 5.16 Å². The van der Waals surface area contributed by atoms with Crippen LogP contribution in [0.5, 0.6) is 5.95 Å². The van der Waals surface area contributed by atoms with Gasteiger partial charge in [0, 0.05) is 11.5 Å². The molecule has 1 rings (SSSR count). The highest BCUT2D eigenvalue weighted by molar-refractivity contribution is 5.17. The maximum Gasteiger partial charge on any atom is 0.308 e. The van der Waals surface area contributed by atoms with Gasteiger partial charge < -0.3 is 9.63 Å². The molecule has 0 aliphatic rings. The van der Waals surface area contributed by atoms with Crippen molar-refractivity contribution < 1.29 is 9.63 Å². The summed E-state index contributed by atoms with van der Waals surface area (Å²) in [6.07, 6.45) is 3.41. The zero-order valence-electron chi connectivity index (χ0n) is 8.50. The first-order chi connectivity index (χ1) is 6.06. The Kier molecular flexibility index (Phi) is 2.96. The Bertz CT molecular complexity index is 266. The normalized spacial score (nSPS) is 11.9. The minimum atomic E-state index is -0.0976. The summed E-state index contributed by atoms with van der Waals surface area (Å²) in [6.45, 7) is 6.39. The Morgan fingerprint density at radius 3 is 2.69 bits per heavy atom. The number of aromatic nitrogens is 1. The second-order valence-corrected chi connectivity index (χ2v) is 4.04. The van der Waals surface area contributed by atoms with Gasteiger partial charge in [-0.3, -0.25) is 0 Å². The van der Waals surface area contributed by atoms with Gasteiger partial charge in [-0.05, 0) is 6.42 Å². The highest BCUT2D eigenvalue weighted by atomic mass is 16.5. The van der Waals surface area contributed by atoms with Crippen molar-refractivity contribution >= 4 is 0 Å². The van der Waals surface area contributed by atoms with Gasteiger partial charge in [-0.25, -0.2) is 0 Å². The van der Waals surface area contributed by atoms with Crippen LogP contribution in [0.3, 0.4) is 0 Å². The zero-order chi connectivity index (χ0) is 9.90. The van der Waals surface area contributed by atoms with E-state index in [-0.39, 0.29) is 11.4 Å². The fourth-order valence-corrected chi connectivity index (χ4v) is 1.33. The third-order valence-corrected chi connectivity index (χ3v) is 2.35. The van der Waals surface area contributed by atoms with Gasteiger partial charge in [0.05, 0.1) is 5.69 Å². The molecule has 1 heterocycles. The molecule has 0 saturated carbocycles. The van der Waals surface area contributed by atoms with Gasteiger partial charge in [0.1, 0.15) is 0 Å². The number of rotatable bonds is 4. The van der Waals surface area contributed by atoms with Crippen molar-refractivity contribution in [2.75, 3.05) is 0 Å². The van der Waals surface area contributed by atoms with E-state index in [0.717, 1.165) is 12.1 Å². The summed E-state index contributed by atoms with van der Waals surface area (Å²) in [5.74, 6) is -0.0976. The van der Waals surface area contributed by atoms with Gasteiger partial charge in [0.25, 0.3) is 0 Å². The fourth-order valence-electron chi connectivity index (χ4n) is 1.33. The van der Waals surface area contributed by atoms with E-state index in [9.17, 15) is 0 Å². The summed E-state index contributed by atoms with van der Waals surface area (Å²) < 4.78 is 4.64. The Hall–Kier alpha value is -0.990. The molecule has 1 N–H and O–H groups in total. The molecule has 1 aromatic rings. The van der Waals surface area contributed by atoms with Crippen LogP contribution in [0.25, 0.3) is 0 Å². The van der Waals surface area contributed by atoms with E-state index in [0.29, 0.717) is 0 Å². The minimum Gasteiger partial charge on any atom is -0.479 e. The van der Waals surface area contributed by atoms with Gasteiger partial charge in [0.15, 0.2) is 0 Å². The van der Waals surface area contributed by atoms with Gasteiger partial charge in [-0.1, -0.05) is 38.8 Å². The molecule has 1 aromatic heterocycles. The molecule has 0 saturated heterocycles. The lowest BCUT2D eigenvalue weighted by molar-refractivity contribution is 0.271. The monoisotopic (exact) mass is 183 g/mol. The number of aromatic hydroxyl groups is 1. The van der Waals surface area contributed by atoms with Crippen LogP contribution in [-0.2, 0) is 5.41 Å². The van der Waals surface area contributed by atoms with Crippen LogP contribution >= 0.6 is 0 Å². The third kappa shape index (κ3) is 2.47. The van der Waals surface area contributed by atoms with Crippen molar-refractivity contribution in [2.24, 2.45) is 0 Å². The zero-order valence-corrected chi connectivity index (χ0v) is 8.50. The standard InChI is InChI=1S/C10H17NO2/c1-4-5-6-10(2,3)8-7-9(12)13-11-8/h7,12H,4-6H2,1-3H3. The first-order valence-electron chi connectivity index (χ1n) is 4.72. The highest BCUT2D eigenvalue weighted by Gasteiger charge is 2.24. The first kappa shape index (κ1) is 10.1. The molecule has 0 radical (unpaired) electrons. The molecule has 0 unspecified atom stereocenters. The second kappa shape index (κ2) is 3.81. The Morgan fingerprint density at radius 2 is 2.23 bits per heavy atom. The van der Waals surface area contributed by atoms with Crippen LogP contribution < -0.4 is 0 Å². The van der Waals surface area contributed by atoms with Crippen LogP contribution in [0.1, 0.15) is 45.7 Å². The van der Waals surface area contributed by atoms with E-state index in [2.05, 4.69) is 30.5 Å². The van der Waals surface area contributed by atoms with E-state index >= 15 is 0 Å². The lowest BCUT2D eigenvalue weighted by Gasteiger charge is -2.20. The maximum atomic E-state index is 9.01. The quantitative estimate of drug-likeness (QED) is 0.780. The predicted octanol–water partition coefficient (Wildman–Crippen LogP) is 2.85. The number of unbranched alkanes of at least 4 members (excludes halogenated alkanes) is 1. The van der Waals surface area contributed by atoms with Gasteiger partial charge >= 0.3 is 5.95 Å². The molecule has 0 spiro atoms. The molecule has 0 bridgehead atoms. The molecular formula is C10H17NO2. The van der Waals surface area contributed by atoms with Crippen LogP contribution in [0.2, 0.25) is 0 Å². The van der Waals surface area contributed by atoms with Gasteiger partial charge in [-0.15, -0.1) is 0 Å². The fraction of sp³-hybridized carbons (Fsp3) is 0.700. The average molecular weight is 183 g/mol. The molecule has 0 atom stereocenters. The van der Waals surface area contributed by atoms with E-state index < -0.39 is 0 Å². The summed E-state index contributed by atoms with van der Waals surface area (Å²) in [4.78, 5) is 0. The SMILES string of the molecule is CCCCC(C)(C)c1cc(O)on1. The van der Waals surface area contributed by atoms with Gasteiger partial charge in [-0.2, -0.15) is 0 Å². The molecule has 3 nitrogen and oxygen atoms in total. The molecule has 13 heavy (non-hydrogen) atoms. The summed E-state index contributed by atoms with van der Waals surface area (Å²) in [5, 5.41) is 12.8. The largest absolute Gasteiger partial charge is 0.479 e. The predicted molar refractivity (Wildman–Crippen MR) is 50.7 cm³/mol. The Balaban J connectivity index is 2.68. The lowest BCUT2D eigenvalue weighted by atomic mass is 9.84. The molecule has 0 amide bonds. The summed E-state index contributed by atoms with van der Waals surface area (Å²) in [6, 6.07) is 1.59. The third-order valence-electron chi connectivity index (χ3n) is 2.35. The maximum absolute atomic E-state index is 9.01. The highest BCUT2D eigenvalue weighted by Crippen LogP contribution is 2.29. The van der Waals surface area contributed by atoms with Crippen LogP contribution in [-0.4, -0.2) is 10.3 Å². The summed E-state index contributed by atoms with van der Waals surface area (Å²) in [7, 11) is 0. The van der Waals surface area contributed by atoms with E-state index in [4.69, 9.17) is 5.11 Å². The Morgan fingerprint density at radius 1 is 1.54 bits per heavy atom. The topological polar surface area (TPSA) is 46.3 Å². The van der Waals surface area contributed by atoms with Crippen molar-refractivity contribution in [3.63, 3.8) is 0 Å². The number of hydrogen-bond acceptors (Lipinski definition) is 3. The second-order valence-electron chi connectivity index (χ2n) is 4.04. The van der Waals surface area contributed by atoms with Crippen molar-refractivity contribution in [1.29, 1.82) is 0 Å². The first-order valence-corrected chi connectivity index (χ1v) is 4.72. The lowest BCUT2D eigenvalue weighted by Crippen LogP contribution is -2.17. The average Bonchev–Trinajstić information content (AvgIpc) is 2.49. The van der Waals surface area contributed by atoms with Crippen LogP contribution in [0, 0.1) is 0 Å². The molecular weight excluding hydrogens is 166 g/mol. The van der Waals surface area contributed by atoms with Crippen molar-refractivity contribution in [3.8, 4) is 5.95 Å². The molecule has 0 aliphatic heterocycles. The summed E-state index contributed by atoms with van der Waals surface area (Å²) >= 11 is 0. The molecule has 3 heteroatoms. The number of hydrogen-bond donors (Lipinski definition) is 1. The molecule has 74 valence electrons. The van der Waals surface area contributed by atoms with Crippen molar-refractivity contribution in [2.45, 2.75) is 45.4 Å². The summed E-state index contributed by atoms with van der Waals surface area (Å²) in [5.41, 5.74) is 0.832. The van der Waals surface area contributed by atoms with E-state index in [1.165, 1.54) is 12.8 Å². The number of nitrogens with zero attached hydrogens (tertiary/aromatic N) is 1.